The average Bonchev–Trinajstić information content (AvgIpc) is 3.16. The number of amides is 1. The van der Waals surface area contributed by atoms with E-state index in [1.165, 1.54) is 6.92 Å². The van der Waals surface area contributed by atoms with Crippen LogP contribution in [0.5, 0.6) is 0 Å². The van der Waals surface area contributed by atoms with Crippen molar-refractivity contribution >= 4 is 11.6 Å². The van der Waals surface area contributed by atoms with Crippen molar-refractivity contribution in [2.75, 3.05) is 18.4 Å². The van der Waals surface area contributed by atoms with Crippen LogP contribution in [0.25, 0.3) is 0 Å². The number of likely N-dealkylation sites (tertiary alicyclic amines) is 1. The molecule has 1 amide bonds. The van der Waals surface area contributed by atoms with Gasteiger partial charge in [0, 0.05) is 19.4 Å². The summed E-state index contributed by atoms with van der Waals surface area (Å²) in [6, 6.07) is 5.55. The molecule has 23 heavy (non-hydrogen) atoms. The van der Waals surface area contributed by atoms with Gasteiger partial charge in [-0.1, -0.05) is 0 Å². The summed E-state index contributed by atoms with van der Waals surface area (Å²) in [6.07, 6.45) is 3.77. The van der Waals surface area contributed by atoms with Gasteiger partial charge in [-0.15, -0.1) is 0 Å². The first-order valence-corrected chi connectivity index (χ1v) is 7.67. The van der Waals surface area contributed by atoms with Gasteiger partial charge in [-0.25, -0.2) is 0 Å². The molecule has 7 nitrogen and oxygen atoms in total. The van der Waals surface area contributed by atoms with Gasteiger partial charge in [-0.2, -0.15) is 10.4 Å². The Morgan fingerprint density at radius 2 is 2.48 bits per heavy atom. The number of nitriles is 1. The number of hydrogen-bond donors (Lipinski definition) is 2. The SMILES string of the molecule is CC(=O)Nc1cn[nH]c1C1CCCN(Cc2ccc(C#N)o2)C1. The Labute approximate surface area is 134 Å². The largest absolute Gasteiger partial charge is 0.449 e. The molecular formula is C16H19N5O2. The van der Waals surface area contributed by atoms with Gasteiger partial charge in [0.05, 0.1) is 24.1 Å². The average molecular weight is 313 g/mol. The van der Waals surface area contributed by atoms with Crippen molar-refractivity contribution in [2.45, 2.75) is 32.2 Å². The van der Waals surface area contributed by atoms with Crippen LogP contribution in [-0.4, -0.2) is 34.1 Å². The number of rotatable bonds is 4. The summed E-state index contributed by atoms with van der Waals surface area (Å²) < 4.78 is 5.46. The van der Waals surface area contributed by atoms with Gasteiger partial charge < -0.3 is 9.73 Å². The first kappa shape index (κ1) is 15.3. The van der Waals surface area contributed by atoms with Crippen LogP contribution in [0.15, 0.2) is 22.7 Å². The normalized spacial score (nSPS) is 18.5. The fraction of sp³-hybridized carbons (Fsp3) is 0.438. The minimum Gasteiger partial charge on any atom is -0.449 e. The fourth-order valence-corrected chi connectivity index (χ4v) is 3.07. The highest BCUT2D eigenvalue weighted by Gasteiger charge is 2.25. The van der Waals surface area contributed by atoms with Crippen LogP contribution in [0, 0.1) is 11.3 Å². The molecule has 1 aliphatic rings. The van der Waals surface area contributed by atoms with Crippen molar-refractivity contribution in [3.63, 3.8) is 0 Å². The molecule has 2 aromatic rings. The Bertz CT molecular complexity index is 727. The van der Waals surface area contributed by atoms with E-state index in [0.717, 1.165) is 43.1 Å². The van der Waals surface area contributed by atoms with Crippen molar-refractivity contribution in [3.8, 4) is 6.07 Å². The second-order valence-electron chi connectivity index (χ2n) is 5.83. The second kappa shape index (κ2) is 6.67. The number of aromatic amines is 1. The molecular weight excluding hydrogens is 294 g/mol. The van der Waals surface area contributed by atoms with Crippen molar-refractivity contribution in [1.82, 2.24) is 15.1 Å². The van der Waals surface area contributed by atoms with Crippen LogP contribution in [0.4, 0.5) is 5.69 Å². The van der Waals surface area contributed by atoms with Crippen LogP contribution in [-0.2, 0) is 11.3 Å². The highest BCUT2D eigenvalue weighted by atomic mass is 16.3. The molecule has 0 radical (unpaired) electrons. The highest BCUT2D eigenvalue weighted by Crippen LogP contribution is 2.31. The van der Waals surface area contributed by atoms with E-state index >= 15 is 0 Å². The van der Waals surface area contributed by atoms with Crippen molar-refractivity contribution in [1.29, 1.82) is 5.26 Å². The number of hydrogen-bond acceptors (Lipinski definition) is 5. The third kappa shape index (κ3) is 3.60. The summed E-state index contributed by atoms with van der Waals surface area (Å²) in [6.45, 7) is 4.02. The highest BCUT2D eigenvalue weighted by molar-refractivity contribution is 5.89. The second-order valence-corrected chi connectivity index (χ2v) is 5.83. The molecule has 3 heterocycles. The quantitative estimate of drug-likeness (QED) is 0.902. The number of carbonyl (C=O) groups excluding carboxylic acids is 1. The standard InChI is InChI=1S/C16H19N5O2/c1-11(22)19-15-8-18-20-16(15)12-3-2-6-21(9-12)10-14-5-4-13(7-17)23-14/h4-5,8,12H,2-3,6,9-10H2,1H3,(H,18,20)(H,19,22). The van der Waals surface area contributed by atoms with E-state index in [0.29, 0.717) is 18.2 Å². The molecule has 1 aliphatic heterocycles. The smallest absolute Gasteiger partial charge is 0.221 e. The Morgan fingerprint density at radius 1 is 1.61 bits per heavy atom. The van der Waals surface area contributed by atoms with Gasteiger partial charge in [-0.05, 0) is 31.5 Å². The Kier molecular flexibility index (Phi) is 4.44. The predicted molar refractivity (Wildman–Crippen MR) is 83.6 cm³/mol. The topological polar surface area (TPSA) is 98.0 Å². The van der Waals surface area contributed by atoms with Crippen LogP contribution >= 0.6 is 0 Å². The van der Waals surface area contributed by atoms with Crippen LogP contribution < -0.4 is 5.32 Å². The van der Waals surface area contributed by atoms with E-state index in [1.54, 1.807) is 12.3 Å². The van der Waals surface area contributed by atoms with Gasteiger partial charge in [0.1, 0.15) is 11.8 Å². The molecule has 1 unspecified atom stereocenters. The lowest BCUT2D eigenvalue weighted by molar-refractivity contribution is -0.114. The number of anilines is 1. The molecule has 2 aromatic heterocycles. The summed E-state index contributed by atoms with van der Waals surface area (Å²) in [5, 5.41) is 18.7. The van der Waals surface area contributed by atoms with Crippen LogP contribution in [0.2, 0.25) is 0 Å². The molecule has 0 bridgehead atoms. The van der Waals surface area contributed by atoms with Gasteiger partial charge in [0.15, 0.2) is 0 Å². The maximum absolute atomic E-state index is 11.3. The van der Waals surface area contributed by atoms with Gasteiger partial charge in [0.25, 0.3) is 0 Å². The first-order chi connectivity index (χ1) is 11.2. The Balaban J connectivity index is 1.67. The lowest BCUT2D eigenvalue weighted by Gasteiger charge is -2.32. The fourth-order valence-electron chi connectivity index (χ4n) is 3.07. The minimum atomic E-state index is -0.0973. The molecule has 7 heteroatoms. The summed E-state index contributed by atoms with van der Waals surface area (Å²) in [5.74, 6) is 1.34. The molecule has 1 atom stereocenters. The summed E-state index contributed by atoms with van der Waals surface area (Å²) in [7, 11) is 0. The lowest BCUT2D eigenvalue weighted by atomic mass is 9.94. The van der Waals surface area contributed by atoms with Crippen molar-refractivity contribution in [3.05, 3.63) is 35.5 Å². The van der Waals surface area contributed by atoms with E-state index in [-0.39, 0.29) is 5.91 Å². The molecule has 120 valence electrons. The van der Waals surface area contributed by atoms with E-state index in [9.17, 15) is 4.79 Å². The van der Waals surface area contributed by atoms with Crippen LogP contribution in [0.1, 0.15) is 42.9 Å². The Hall–Kier alpha value is -2.59. The number of furan rings is 1. The Morgan fingerprint density at radius 3 is 3.22 bits per heavy atom. The number of carbonyl (C=O) groups is 1. The zero-order valence-electron chi connectivity index (χ0n) is 13.0. The minimum absolute atomic E-state index is 0.0973. The summed E-state index contributed by atoms with van der Waals surface area (Å²) >= 11 is 0. The molecule has 3 rings (SSSR count). The third-order valence-corrected chi connectivity index (χ3v) is 4.04. The van der Waals surface area contributed by atoms with E-state index in [4.69, 9.17) is 9.68 Å². The first-order valence-electron chi connectivity index (χ1n) is 7.67. The van der Waals surface area contributed by atoms with E-state index in [2.05, 4.69) is 20.4 Å². The maximum atomic E-state index is 11.3. The van der Waals surface area contributed by atoms with E-state index in [1.807, 2.05) is 12.1 Å². The van der Waals surface area contributed by atoms with E-state index < -0.39 is 0 Å². The number of piperidine rings is 1. The molecule has 0 aromatic carbocycles. The molecule has 1 fully saturated rings. The van der Waals surface area contributed by atoms with Crippen LogP contribution in [0.3, 0.4) is 0 Å². The molecule has 0 aliphatic carbocycles. The van der Waals surface area contributed by atoms with Gasteiger partial charge in [-0.3, -0.25) is 14.8 Å². The summed E-state index contributed by atoms with van der Waals surface area (Å²) in [5.41, 5.74) is 1.73. The van der Waals surface area contributed by atoms with Crippen molar-refractivity contribution in [2.24, 2.45) is 0 Å². The zero-order valence-corrected chi connectivity index (χ0v) is 13.0. The molecule has 0 saturated carbocycles. The number of nitrogens with one attached hydrogen (secondary N) is 2. The maximum Gasteiger partial charge on any atom is 0.221 e. The molecule has 2 N–H and O–H groups in total. The lowest BCUT2D eigenvalue weighted by Crippen LogP contribution is -2.34. The number of nitrogens with zero attached hydrogens (tertiary/aromatic N) is 3. The third-order valence-electron chi connectivity index (χ3n) is 4.04. The molecule has 1 saturated heterocycles. The molecule has 0 spiro atoms. The van der Waals surface area contributed by atoms with Crippen molar-refractivity contribution < 1.29 is 9.21 Å². The monoisotopic (exact) mass is 313 g/mol. The van der Waals surface area contributed by atoms with Gasteiger partial charge >= 0.3 is 0 Å². The number of aromatic nitrogens is 2. The van der Waals surface area contributed by atoms with Gasteiger partial charge in [0.2, 0.25) is 11.7 Å². The number of H-pyrrole nitrogens is 1. The summed E-state index contributed by atoms with van der Waals surface area (Å²) in [4.78, 5) is 13.6. The predicted octanol–water partition coefficient (Wildman–Crippen LogP) is 2.21. The zero-order chi connectivity index (χ0) is 16.2.